The van der Waals surface area contributed by atoms with E-state index in [1.807, 2.05) is 18.2 Å². The molecule has 4 heteroatoms. The van der Waals surface area contributed by atoms with Crippen molar-refractivity contribution in [1.29, 1.82) is 0 Å². The van der Waals surface area contributed by atoms with E-state index in [-0.39, 0.29) is 0 Å². The van der Waals surface area contributed by atoms with Gasteiger partial charge in [-0.15, -0.1) is 0 Å². The molecule has 1 saturated heterocycles. The van der Waals surface area contributed by atoms with Gasteiger partial charge in [0.1, 0.15) is 6.54 Å². The van der Waals surface area contributed by atoms with E-state index in [0.717, 1.165) is 19.5 Å². The summed E-state index contributed by atoms with van der Waals surface area (Å²) in [6, 6.07) is 10.1. The minimum Gasteiger partial charge on any atom is -0.376 e. The number of nitrogens with zero attached hydrogens (tertiary/aromatic N) is 1. The molecule has 0 amide bonds. The molecule has 0 spiro atoms. The van der Waals surface area contributed by atoms with Gasteiger partial charge in [-0.05, 0) is 5.56 Å². The van der Waals surface area contributed by atoms with Crippen LogP contribution in [0.3, 0.4) is 0 Å². The maximum absolute atomic E-state index is 9.68. The molecule has 1 heterocycles. The third-order valence-electron chi connectivity index (χ3n) is 2.42. The van der Waals surface area contributed by atoms with Crippen LogP contribution in [-0.4, -0.2) is 35.5 Å². The first-order chi connectivity index (χ1) is 7.36. The molecule has 1 aromatic rings. The standard InChI is InChI=1S/C11H15N3O/c15-14(11-12-7-8-13-11)9-6-10-4-2-1-3-5-10/h1-5,15H,6-9H2,(H,12,13)/p+1. The van der Waals surface area contributed by atoms with Gasteiger partial charge >= 0.3 is 5.96 Å². The molecule has 0 aromatic heterocycles. The van der Waals surface area contributed by atoms with Gasteiger partial charge in [-0.1, -0.05) is 35.1 Å². The van der Waals surface area contributed by atoms with Crippen LogP contribution in [0.5, 0.6) is 0 Å². The van der Waals surface area contributed by atoms with Crippen LogP contribution in [0.1, 0.15) is 5.56 Å². The Morgan fingerprint density at radius 2 is 1.80 bits per heavy atom. The molecule has 0 saturated carbocycles. The third-order valence-corrected chi connectivity index (χ3v) is 2.42. The van der Waals surface area contributed by atoms with Crippen LogP contribution < -0.4 is 10.6 Å². The molecule has 0 unspecified atom stereocenters. The van der Waals surface area contributed by atoms with Crippen molar-refractivity contribution >= 4 is 5.96 Å². The highest BCUT2D eigenvalue weighted by molar-refractivity contribution is 5.76. The van der Waals surface area contributed by atoms with Crippen molar-refractivity contribution in [2.45, 2.75) is 6.42 Å². The summed E-state index contributed by atoms with van der Waals surface area (Å²) in [5.74, 6) is 0.714. The molecular weight excluding hydrogens is 190 g/mol. The van der Waals surface area contributed by atoms with E-state index < -0.39 is 0 Å². The first-order valence-electron chi connectivity index (χ1n) is 5.21. The van der Waals surface area contributed by atoms with Crippen molar-refractivity contribution in [3.63, 3.8) is 0 Å². The van der Waals surface area contributed by atoms with Gasteiger partial charge < -0.3 is 5.21 Å². The topological polar surface area (TPSA) is 47.3 Å². The average molecular weight is 206 g/mol. The third kappa shape index (κ3) is 2.62. The number of rotatable bonds is 3. The van der Waals surface area contributed by atoms with E-state index in [0.29, 0.717) is 12.5 Å². The van der Waals surface area contributed by atoms with Gasteiger partial charge in [0.05, 0.1) is 13.1 Å². The van der Waals surface area contributed by atoms with Crippen LogP contribution in [0, 0.1) is 0 Å². The van der Waals surface area contributed by atoms with Crippen LogP contribution in [0.15, 0.2) is 30.3 Å². The molecule has 1 aromatic carbocycles. The predicted octanol–water partition coefficient (Wildman–Crippen LogP) is 0.180. The Hall–Kier alpha value is -1.71. The zero-order valence-corrected chi connectivity index (χ0v) is 8.61. The summed E-state index contributed by atoms with van der Waals surface area (Å²) in [7, 11) is 0. The fourth-order valence-electron chi connectivity index (χ4n) is 1.60. The molecule has 3 N–H and O–H groups in total. The fourth-order valence-corrected chi connectivity index (χ4v) is 1.60. The van der Waals surface area contributed by atoms with Crippen LogP contribution in [-0.2, 0) is 6.42 Å². The molecular formula is C11H16N3O+. The molecule has 0 bridgehead atoms. The number of hydrogen-bond donors (Lipinski definition) is 3. The van der Waals surface area contributed by atoms with E-state index in [9.17, 15) is 5.21 Å². The van der Waals surface area contributed by atoms with E-state index in [1.54, 1.807) is 0 Å². The van der Waals surface area contributed by atoms with Crippen molar-refractivity contribution in [2.75, 3.05) is 19.6 Å². The second-order valence-corrected chi connectivity index (χ2v) is 3.56. The van der Waals surface area contributed by atoms with Gasteiger partial charge in [-0.25, -0.2) is 0 Å². The maximum Gasteiger partial charge on any atom is 0.382 e. The van der Waals surface area contributed by atoms with E-state index in [4.69, 9.17) is 0 Å². The molecule has 2 rings (SSSR count). The molecule has 0 radical (unpaired) electrons. The van der Waals surface area contributed by atoms with Crippen molar-refractivity contribution in [3.8, 4) is 0 Å². The number of nitrogens with one attached hydrogen (secondary N) is 2. The summed E-state index contributed by atoms with van der Waals surface area (Å²) in [5, 5.41) is 15.8. The lowest BCUT2D eigenvalue weighted by atomic mass is 10.2. The van der Waals surface area contributed by atoms with Gasteiger partial charge in [0.25, 0.3) is 0 Å². The Morgan fingerprint density at radius 1 is 1.13 bits per heavy atom. The second kappa shape index (κ2) is 4.68. The Labute approximate surface area is 89.2 Å². The first kappa shape index (κ1) is 9.83. The van der Waals surface area contributed by atoms with E-state index in [1.165, 1.54) is 10.3 Å². The number of guanidine groups is 1. The molecule has 1 fully saturated rings. The molecule has 0 aliphatic carbocycles. The molecule has 15 heavy (non-hydrogen) atoms. The van der Waals surface area contributed by atoms with Crippen molar-refractivity contribution in [1.82, 2.24) is 10.6 Å². The maximum atomic E-state index is 9.68. The van der Waals surface area contributed by atoms with Gasteiger partial charge in [0.15, 0.2) is 0 Å². The quantitative estimate of drug-likeness (QED) is 0.375. The van der Waals surface area contributed by atoms with Gasteiger partial charge in [-0.2, -0.15) is 0 Å². The minimum atomic E-state index is 0.597. The molecule has 4 nitrogen and oxygen atoms in total. The average Bonchev–Trinajstić information content (AvgIpc) is 2.81. The van der Waals surface area contributed by atoms with E-state index in [2.05, 4.69) is 22.8 Å². The number of benzene rings is 1. The lowest BCUT2D eigenvalue weighted by molar-refractivity contribution is -0.776. The summed E-state index contributed by atoms with van der Waals surface area (Å²) in [6.07, 6.45) is 0.837. The number of hydroxylamine groups is 1. The minimum absolute atomic E-state index is 0.597. The zero-order chi connectivity index (χ0) is 10.5. The van der Waals surface area contributed by atoms with E-state index >= 15 is 0 Å². The lowest BCUT2D eigenvalue weighted by Crippen LogP contribution is -2.35. The fraction of sp³-hybridized carbons (Fsp3) is 0.364. The molecule has 1 aliphatic rings. The van der Waals surface area contributed by atoms with Gasteiger partial charge in [0.2, 0.25) is 0 Å². The summed E-state index contributed by atoms with van der Waals surface area (Å²) in [6.45, 7) is 2.34. The second-order valence-electron chi connectivity index (χ2n) is 3.56. The van der Waals surface area contributed by atoms with Crippen molar-refractivity contribution in [3.05, 3.63) is 35.9 Å². The SMILES string of the molecule is O[N+](CCc1ccccc1)=C1NCCN1. The molecule has 80 valence electrons. The summed E-state index contributed by atoms with van der Waals surface area (Å²) >= 11 is 0. The smallest absolute Gasteiger partial charge is 0.376 e. The van der Waals surface area contributed by atoms with Gasteiger partial charge in [0, 0.05) is 6.42 Å². The van der Waals surface area contributed by atoms with Gasteiger partial charge in [-0.3, -0.25) is 10.6 Å². The Bertz CT molecular complexity index is 340. The normalized spacial score (nSPS) is 14.5. The number of hydrogen-bond acceptors (Lipinski definition) is 1. The van der Waals surface area contributed by atoms with Crippen LogP contribution in [0.4, 0.5) is 0 Å². The highest BCUT2D eigenvalue weighted by Gasteiger charge is 2.17. The Morgan fingerprint density at radius 3 is 2.47 bits per heavy atom. The summed E-state index contributed by atoms with van der Waals surface area (Å²) < 4.78 is 1.24. The first-order valence-corrected chi connectivity index (χ1v) is 5.21. The van der Waals surface area contributed by atoms with Crippen molar-refractivity contribution in [2.24, 2.45) is 0 Å². The zero-order valence-electron chi connectivity index (χ0n) is 8.61. The van der Waals surface area contributed by atoms with Crippen molar-refractivity contribution < 1.29 is 9.95 Å². The van der Waals surface area contributed by atoms with Crippen LogP contribution >= 0.6 is 0 Å². The molecule has 0 atom stereocenters. The van der Waals surface area contributed by atoms with Crippen LogP contribution in [0.25, 0.3) is 0 Å². The Kier molecular flexibility index (Phi) is 3.07. The highest BCUT2D eigenvalue weighted by Crippen LogP contribution is 1.99. The Balaban J connectivity index is 1.90. The summed E-state index contributed by atoms with van der Waals surface area (Å²) in [5.41, 5.74) is 1.23. The lowest BCUT2D eigenvalue weighted by Gasteiger charge is -2.02. The highest BCUT2D eigenvalue weighted by atomic mass is 16.5. The largest absolute Gasteiger partial charge is 0.382 e. The monoisotopic (exact) mass is 206 g/mol. The van der Waals surface area contributed by atoms with Crippen LogP contribution in [0.2, 0.25) is 0 Å². The predicted molar refractivity (Wildman–Crippen MR) is 58.1 cm³/mol. The summed E-state index contributed by atoms with van der Waals surface area (Å²) in [4.78, 5) is 0. The molecule has 1 aliphatic heterocycles.